The molecule has 1 aromatic rings. The summed E-state index contributed by atoms with van der Waals surface area (Å²) in [7, 11) is 0. The molecule has 0 aliphatic heterocycles. The first-order valence-electron chi connectivity index (χ1n) is 6.19. The summed E-state index contributed by atoms with van der Waals surface area (Å²) in [5.41, 5.74) is 2.98. The maximum atomic E-state index is 11.5. The van der Waals surface area contributed by atoms with Crippen LogP contribution in [-0.2, 0) is 16.0 Å². The maximum absolute atomic E-state index is 11.5. The average Bonchev–Trinajstić information content (AvgIpc) is 2.71. The molecular formula is C15H16O3. The van der Waals surface area contributed by atoms with Crippen LogP contribution >= 0.6 is 0 Å². The molecule has 0 radical (unpaired) electrons. The number of rotatable bonds is 4. The largest absolute Gasteiger partial charge is 0.466 e. The van der Waals surface area contributed by atoms with E-state index in [2.05, 4.69) is 0 Å². The number of esters is 1. The van der Waals surface area contributed by atoms with Crippen molar-refractivity contribution in [2.45, 2.75) is 26.2 Å². The minimum atomic E-state index is -0.218. The van der Waals surface area contributed by atoms with E-state index in [0.29, 0.717) is 13.0 Å². The van der Waals surface area contributed by atoms with Gasteiger partial charge in [0.25, 0.3) is 0 Å². The van der Waals surface area contributed by atoms with E-state index in [9.17, 15) is 9.59 Å². The monoisotopic (exact) mass is 244 g/mol. The summed E-state index contributed by atoms with van der Waals surface area (Å²) in [5.74, 6) is 0.0112. The second kappa shape index (κ2) is 5.63. The minimum absolute atomic E-state index is 0.218. The summed E-state index contributed by atoms with van der Waals surface area (Å²) in [6.45, 7) is 2.20. The number of hydrogen-bond acceptors (Lipinski definition) is 3. The SMILES string of the molecule is CCOC(=O)CC=Cc1ccc2c(c1)CCC2=O. The van der Waals surface area contributed by atoms with Gasteiger partial charge in [0.1, 0.15) is 0 Å². The smallest absolute Gasteiger partial charge is 0.309 e. The molecule has 0 saturated heterocycles. The lowest BCUT2D eigenvalue weighted by molar-refractivity contribution is -0.142. The van der Waals surface area contributed by atoms with Crippen LogP contribution in [0, 0.1) is 0 Å². The Bertz CT molecular complexity index is 500. The van der Waals surface area contributed by atoms with Crippen LogP contribution in [0.1, 0.15) is 41.3 Å². The number of carbonyl (C=O) groups excluding carboxylic acids is 2. The Morgan fingerprint density at radius 3 is 3.00 bits per heavy atom. The van der Waals surface area contributed by atoms with E-state index >= 15 is 0 Å². The van der Waals surface area contributed by atoms with Crippen molar-refractivity contribution in [2.75, 3.05) is 6.61 Å². The lowest BCUT2D eigenvalue weighted by Gasteiger charge is -2.00. The molecule has 3 heteroatoms. The van der Waals surface area contributed by atoms with Gasteiger partial charge in [-0.1, -0.05) is 30.4 Å². The van der Waals surface area contributed by atoms with Crippen LogP contribution in [0.5, 0.6) is 0 Å². The maximum Gasteiger partial charge on any atom is 0.309 e. The lowest BCUT2D eigenvalue weighted by Crippen LogP contribution is -2.01. The first kappa shape index (κ1) is 12.6. The Balaban J connectivity index is 2.01. The number of hydrogen-bond donors (Lipinski definition) is 0. The number of aryl methyl sites for hydroxylation is 1. The van der Waals surface area contributed by atoms with Crippen molar-refractivity contribution in [2.24, 2.45) is 0 Å². The third-order valence-corrected chi connectivity index (χ3v) is 2.95. The highest BCUT2D eigenvalue weighted by atomic mass is 16.5. The van der Waals surface area contributed by atoms with Gasteiger partial charge in [-0.05, 0) is 24.5 Å². The first-order chi connectivity index (χ1) is 8.70. The van der Waals surface area contributed by atoms with Crippen molar-refractivity contribution in [1.29, 1.82) is 0 Å². The molecule has 0 atom stereocenters. The molecule has 1 aliphatic carbocycles. The van der Waals surface area contributed by atoms with E-state index in [-0.39, 0.29) is 18.2 Å². The highest BCUT2D eigenvalue weighted by Gasteiger charge is 2.18. The Morgan fingerprint density at radius 2 is 2.22 bits per heavy atom. The summed E-state index contributed by atoms with van der Waals surface area (Å²) >= 11 is 0. The van der Waals surface area contributed by atoms with Gasteiger partial charge in [0.2, 0.25) is 0 Å². The molecule has 94 valence electrons. The summed E-state index contributed by atoms with van der Waals surface area (Å²) in [6, 6.07) is 5.79. The third kappa shape index (κ3) is 2.86. The van der Waals surface area contributed by atoms with Gasteiger partial charge in [-0.3, -0.25) is 9.59 Å². The third-order valence-electron chi connectivity index (χ3n) is 2.95. The molecule has 1 aliphatic rings. The number of Topliss-reactive ketones (excluding diaryl/α,β-unsaturated/α-hetero) is 1. The van der Waals surface area contributed by atoms with Crippen LogP contribution < -0.4 is 0 Å². The molecule has 1 aromatic carbocycles. The summed E-state index contributed by atoms with van der Waals surface area (Å²) in [5, 5.41) is 0. The zero-order chi connectivity index (χ0) is 13.0. The van der Waals surface area contributed by atoms with Gasteiger partial charge in [-0.2, -0.15) is 0 Å². The van der Waals surface area contributed by atoms with E-state index in [0.717, 1.165) is 23.1 Å². The standard InChI is InChI=1S/C15H16O3/c1-2-18-15(17)5-3-4-11-6-8-13-12(10-11)7-9-14(13)16/h3-4,6,8,10H,2,5,7,9H2,1H3. The predicted molar refractivity (Wildman–Crippen MR) is 69.4 cm³/mol. The Labute approximate surface area is 106 Å². The molecule has 0 unspecified atom stereocenters. The van der Waals surface area contributed by atoms with Gasteiger partial charge in [0.15, 0.2) is 5.78 Å². The van der Waals surface area contributed by atoms with Gasteiger partial charge in [-0.15, -0.1) is 0 Å². The van der Waals surface area contributed by atoms with E-state index < -0.39 is 0 Å². The minimum Gasteiger partial charge on any atom is -0.466 e. The second-order valence-corrected chi connectivity index (χ2v) is 4.25. The van der Waals surface area contributed by atoms with Crippen LogP contribution in [0.2, 0.25) is 0 Å². The zero-order valence-corrected chi connectivity index (χ0v) is 10.4. The lowest BCUT2D eigenvalue weighted by atomic mass is 10.1. The van der Waals surface area contributed by atoms with Gasteiger partial charge < -0.3 is 4.74 Å². The average molecular weight is 244 g/mol. The van der Waals surface area contributed by atoms with Crippen LogP contribution in [-0.4, -0.2) is 18.4 Å². The fourth-order valence-electron chi connectivity index (χ4n) is 2.09. The molecule has 0 aromatic heterocycles. The fourth-order valence-corrected chi connectivity index (χ4v) is 2.09. The number of benzene rings is 1. The molecule has 0 bridgehead atoms. The quantitative estimate of drug-likeness (QED) is 0.765. The van der Waals surface area contributed by atoms with Gasteiger partial charge in [0.05, 0.1) is 13.0 Å². The highest BCUT2D eigenvalue weighted by molar-refractivity contribution is 6.00. The van der Waals surface area contributed by atoms with Crippen LogP contribution in [0.25, 0.3) is 6.08 Å². The fraction of sp³-hybridized carbons (Fsp3) is 0.333. The Morgan fingerprint density at radius 1 is 1.39 bits per heavy atom. The number of fused-ring (bicyclic) bond motifs is 1. The van der Waals surface area contributed by atoms with Crippen molar-refractivity contribution < 1.29 is 14.3 Å². The molecule has 0 fully saturated rings. The van der Waals surface area contributed by atoms with Crippen LogP contribution in [0.4, 0.5) is 0 Å². The number of ketones is 1. The molecule has 3 nitrogen and oxygen atoms in total. The van der Waals surface area contributed by atoms with E-state index in [4.69, 9.17) is 4.74 Å². The summed E-state index contributed by atoms with van der Waals surface area (Å²) in [4.78, 5) is 22.6. The summed E-state index contributed by atoms with van der Waals surface area (Å²) < 4.78 is 4.83. The molecule has 0 heterocycles. The topological polar surface area (TPSA) is 43.4 Å². The van der Waals surface area contributed by atoms with E-state index in [1.165, 1.54) is 0 Å². The molecule has 0 amide bonds. The second-order valence-electron chi connectivity index (χ2n) is 4.25. The van der Waals surface area contributed by atoms with Crippen molar-refractivity contribution in [1.82, 2.24) is 0 Å². The number of ether oxygens (including phenoxy) is 1. The number of carbonyl (C=O) groups is 2. The van der Waals surface area contributed by atoms with Crippen LogP contribution in [0.15, 0.2) is 24.3 Å². The molecule has 0 spiro atoms. The molecule has 2 rings (SSSR count). The van der Waals surface area contributed by atoms with Gasteiger partial charge in [0, 0.05) is 12.0 Å². The van der Waals surface area contributed by atoms with E-state index in [1.807, 2.05) is 24.3 Å². The molecule has 0 N–H and O–H groups in total. The van der Waals surface area contributed by atoms with Gasteiger partial charge in [-0.25, -0.2) is 0 Å². The van der Waals surface area contributed by atoms with E-state index in [1.54, 1.807) is 13.0 Å². The van der Waals surface area contributed by atoms with Crippen molar-refractivity contribution in [3.05, 3.63) is 41.0 Å². The van der Waals surface area contributed by atoms with Crippen molar-refractivity contribution in [3.63, 3.8) is 0 Å². The highest BCUT2D eigenvalue weighted by Crippen LogP contribution is 2.23. The van der Waals surface area contributed by atoms with Gasteiger partial charge >= 0.3 is 5.97 Å². The zero-order valence-electron chi connectivity index (χ0n) is 10.4. The Kier molecular flexibility index (Phi) is 3.92. The van der Waals surface area contributed by atoms with Crippen molar-refractivity contribution >= 4 is 17.8 Å². The van der Waals surface area contributed by atoms with Crippen molar-refractivity contribution in [3.8, 4) is 0 Å². The predicted octanol–water partition coefficient (Wildman–Crippen LogP) is 2.78. The first-order valence-corrected chi connectivity index (χ1v) is 6.19. The molecule has 0 saturated carbocycles. The Hall–Kier alpha value is -1.90. The summed E-state index contributed by atoms with van der Waals surface area (Å²) in [6.07, 6.45) is 5.40. The molecular weight excluding hydrogens is 228 g/mol. The molecule has 18 heavy (non-hydrogen) atoms. The van der Waals surface area contributed by atoms with Crippen LogP contribution in [0.3, 0.4) is 0 Å². The normalized spacial score (nSPS) is 13.9.